The van der Waals surface area contributed by atoms with Gasteiger partial charge < -0.3 is 4.90 Å². The van der Waals surface area contributed by atoms with Gasteiger partial charge in [-0.15, -0.1) is 0 Å². The molecule has 0 fully saturated rings. The highest BCUT2D eigenvalue weighted by molar-refractivity contribution is 6.14. The highest BCUT2D eigenvalue weighted by atomic mass is 16.1. The summed E-state index contributed by atoms with van der Waals surface area (Å²) in [6.45, 7) is 8.11. The third kappa shape index (κ3) is 4.66. The molecule has 3 nitrogen and oxygen atoms in total. The number of benzene rings is 2. The second-order valence-corrected chi connectivity index (χ2v) is 6.55. The second-order valence-electron chi connectivity index (χ2n) is 6.55. The molecule has 0 saturated carbocycles. The van der Waals surface area contributed by atoms with Crippen molar-refractivity contribution in [1.29, 1.82) is 0 Å². The van der Waals surface area contributed by atoms with E-state index in [1.54, 1.807) is 24.3 Å². The molecule has 0 aliphatic rings. The molecule has 130 valence electrons. The molecule has 25 heavy (non-hydrogen) atoms. The maximum absolute atomic E-state index is 13.1. The van der Waals surface area contributed by atoms with Crippen molar-refractivity contribution in [2.24, 2.45) is 0 Å². The predicted octanol–water partition coefficient (Wildman–Crippen LogP) is 4.75. The Labute approximate surface area is 150 Å². The van der Waals surface area contributed by atoms with Crippen LogP contribution in [0.3, 0.4) is 0 Å². The van der Waals surface area contributed by atoms with Crippen LogP contribution in [0, 0.1) is 0 Å². The van der Waals surface area contributed by atoms with E-state index in [2.05, 4.69) is 0 Å². The summed E-state index contributed by atoms with van der Waals surface area (Å²) in [6, 6.07) is 18.3. The molecule has 2 rings (SSSR count). The van der Waals surface area contributed by atoms with Crippen molar-refractivity contribution in [1.82, 2.24) is 4.90 Å². The molecule has 0 saturated heterocycles. The molecule has 0 amide bonds. The molecular weight excluding hydrogens is 310 g/mol. The fourth-order valence-corrected chi connectivity index (χ4v) is 2.96. The topological polar surface area (TPSA) is 37.4 Å². The predicted molar refractivity (Wildman–Crippen MR) is 102 cm³/mol. The lowest BCUT2D eigenvalue weighted by Gasteiger charge is -2.34. The summed E-state index contributed by atoms with van der Waals surface area (Å²) in [5, 5.41) is 0. The molecule has 0 spiro atoms. The molecule has 0 aromatic heterocycles. The first kappa shape index (κ1) is 18.7. The Morgan fingerprint density at radius 2 is 1.20 bits per heavy atom. The van der Waals surface area contributed by atoms with Crippen LogP contribution >= 0.6 is 0 Å². The van der Waals surface area contributed by atoms with Gasteiger partial charge in [-0.3, -0.25) is 9.59 Å². The van der Waals surface area contributed by atoms with Crippen LogP contribution in [0.5, 0.6) is 0 Å². The summed E-state index contributed by atoms with van der Waals surface area (Å²) in [5.41, 5.74) is 1.60. The molecule has 0 aliphatic heterocycles. The Balaban J connectivity index is 2.50. The second kappa shape index (κ2) is 8.43. The molecule has 2 aromatic carbocycles. The molecule has 0 heterocycles. The van der Waals surface area contributed by atoms with E-state index in [-0.39, 0.29) is 23.7 Å². The normalized spacial score (nSPS) is 11.7. The highest BCUT2D eigenvalue weighted by Crippen LogP contribution is 2.20. The Morgan fingerprint density at radius 3 is 1.64 bits per heavy atom. The zero-order valence-corrected chi connectivity index (χ0v) is 15.3. The molecular formula is C22H25NO2. The van der Waals surface area contributed by atoms with Gasteiger partial charge in [0.1, 0.15) is 0 Å². The van der Waals surface area contributed by atoms with Gasteiger partial charge in [-0.2, -0.15) is 0 Å². The van der Waals surface area contributed by atoms with E-state index in [0.717, 1.165) is 0 Å². The first-order valence-electron chi connectivity index (χ1n) is 8.61. The number of rotatable bonds is 7. The summed E-state index contributed by atoms with van der Waals surface area (Å²) >= 11 is 0. The Morgan fingerprint density at radius 1 is 0.760 bits per heavy atom. The van der Waals surface area contributed by atoms with Crippen molar-refractivity contribution < 1.29 is 9.59 Å². The van der Waals surface area contributed by atoms with E-state index in [1.807, 2.05) is 69.0 Å². The average Bonchev–Trinajstić information content (AvgIpc) is 2.61. The SMILES string of the molecule is CC(C)N(/C(=C/C(=O)c1ccccc1)C(=O)c1ccccc1)C(C)C. The Kier molecular flexibility index (Phi) is 6.29. The van der Waals surface area contributed by atoms with Crippen molar-refractivity contribution in [2.45, 2.75) is 39.8 Å². The van der Waals surface area contributed by atoms with Crippen molar-refractivity contribution in [2.75, 3.05) is 0 Å². The number of ketones is 2. The van der Waals surface area contributed by atoms with Gasteiger partial charge in [-0.05, 0) is 27.7 Å². The van der Waals surface area contributed by atoms with Crippen LogP contribution in [0.15, 0.2) is 72.4 Å². The van der Waals surface area contributed by atoms with E-state index in [9.17, 15) is 9.59 Å². The van der Waals surface area contributed by atoms with Crippen LogP contribution in [0.2, 0.25) is 0 Å². The van der Waals surface area contributed by atoms with Crippen molar-refractivity contribution in [3.63, 3.8) is 0 Å². The first-order valence-corrected chi connectivity index (χ1v) is 8.61. The minimum atomic E-state index is -0.161. The molecule has 0 radical (unpaired) electrons. The van der Waals surface area contributed by atoms with Gasteiger partial charge in [0, 0.05) is 29.3 Å². The number of allylic oxidation sites excluding steroid dienone is 2. The smallest absolute Gasteiger partial charge is 0.209 e. The maximum Gasteiger partial charge on any atom is 0.209 e. The van der Waals surface area contributed by atoms with Crippen LogP contribution in [0.1, 0.15) is 48.4 Å². The fraction of sp³-hybridized carbons (Fsp3) is 0.273. The molecule has 0 atom stereocenters. The van der Waals surface area contributed by atoms with Gasteiger partial charge in [-0.25, -0.2) is 0 Å². The summed E-state index contributed by atoms with van der Waals surface area (Å²) < 4.78 is 0. The monoisotopic (exact) mass is 335 g/mol. The van der Waals surface area contributed by atoms with Gasteiger partial charge >= 0.3 is 0 Å². The van der Waals surface area contributed by atoms with Gasteiger partial charge in [-0.1, -0.05) is 60.7 Å². The molecule has 2 aromatic rings. The summed E-state index contributed by atoms with van der Waals surface area (Å²) in [6.07, 6.45) is 1.48. The summed E-state index contributed by atoms with van der Waals surface area (Å²) in [7, 11) is 0. The molecule has 0 N–H and O–H groups in total. The summed E-state index contributed by atoms with van der Waals surface area (Å²) in [5.74, 6) is -0.293. The highest BCUT2D eigenvalue weighted by Gasteiger charge is 2.24. The lowest BCUT2D eigenvalue weighted by atomic mass is 10.0. The van der Waals surface area contributed by atoms with Gasteiger partial charge in [0.05, 0.1) is 5.70 Å². The number of nitrogens with zero attached hydrogens (tertiary/aromatic N) is 1. The van der Waals surface area contributed by atoms with Crippen LogP contribution in [0.4, 0.5) is 0 Å². The van der Waals surface area contributed by atoms with Crippen LogP contribution < -0.4 is 0 Å². The zero-order chi connectivity index (χ0) is 18.4. The van der Waals surface area contributed by atoms with E-state index >= 15 is 0 Å². The lowest BCUT2D eigenvalue weighted by Crippen LogP contribution is -2.39. The molecule has 0 bridgehead atoms. The van der Waals surface area contributed by atoms with Crippen LogP contribution in [-0.4, -0.2) is 28.6 Å². The standard InChI is InChI=1S/C22H25NO2/c1-16(2)23(17(3)4)20(22(25)19-13-9-6-10-14-19)15-21(24)18-11-7-5-8-12-18/h5-17H,1-4H3/b20-15+. The van der Waals surface area contributed by atoms with Crippen LogP contribution in [0.25, 0.3) is 0 Å². The van der Waals surface area contributed by atoms with Crippen LogP contribution in [-0.2, 0) is 0 Å². The summed E-state index contributed by atoms with van der Waals surface area (Å²) in [4.78, 5) is 27.8. The zero-order valence-electron chi connectivity index (χ0n) is 15.3. The number of carbonyl (C=O) groups is 2. The molecule has 3 heteroatoms. The largest absolute Gasteiger partial charge is 0.363 e. The minimum Gasteiger partial charge on any atom is -0.363 e. The fourth-order valence-electron chi connectivity index (χ4n) is 2.96. The number of Topliss-reactive ketones (excluding diaryl/α,β-unsaturated/α-hetero) is 1. The molecule has 0 unspecified atom stereocenters. The van der Waals surface area contributed by atoms with Crippen molar-refractivity contribution in [3.8, 4) is 0 Å². The Bertz CT molecular complexity index is 738. The first-order chi connectivity index (χ1) is 11.9. The number of hydrogen-bond donors (Lipinski definition) is 0. The Hall–Kier alpha value is -2.68. The third-order valence-electron chi connectivity index (χ3n) is 3.99. The van der Waals surface area contributed by atoms with Gasteiger partial charge in [0.15, 0.2) is 5.78 Å². The number of hydrogen-bond acceptors (Lipinski definition) is 3. The third-order valence-corrected chi connectivity index (χ3v) is 3.99. The number of carbonyl (C=O) groups excluding carboxylic acids is 2. The lowest BCUT2D eigenvalue weighted by molar-refractivity contribution is 0.0943. The van der Waals surface area contributed by atoms with E-state index in [0.29, 0.717) is 16.8 Å². The molecule has 0 aliphatic carbocycles. The van der Waals surface area contributed by atoms with E-state index in [4.69, 9.17) is 0 Å². The van der Waals surface area contributed by atoms with Gasteiger partial charge in [0.25, 0.3) is 0 Å². The van der Waals surface area contributed by atoms with E-state index in [1.165, 1.54) is 6.08 Å². The quantitative estimate of drug-likeness (QED) is 0.541. The van der Waals surface area contributed by atoms with E-state index < -0.39 is 0 Å². The van der Waals surface area contributed by atoms with Gasteiger partial charge in [0.2, 0.25) is 5.78 Å². The average molecular weight is 335 g/mol. The minimum absolute atomic E-state index is 0.0995. The van der Waals surface area contributed by atoms with Crippen molar-refractivity contribution >= 4 is 11.6 Å². The maximum atomic E-state index is 13.1. The van der Waals surface area contributed by atoms with Crippen molar-refractivity contribution in [3.05, 3.63) is 83.6 Å².